The summed E-state index contributed by atoms with van der Waals surface area (Å²) in [4.78, 5) is 13.7. The number of halogens is 1. The van der Waals surface area contributed by atoms with Gasteiger partial charge in [0.1, 0.15) is 0 Å². The minimum absolute atomic E-state index is 0.0992. The van der Waals surface area contributed by atoms with Gasteiger partial charge in [-0.2, -0.15) is 0 Å². The van der Waals surface area contributed by atoms with Gasteiger partial charge >= 0.3 is 0 Å². The Hall–Kier alpha value is -1.83. The maximum atomic E-state index is 12.6. The molecule has 0 aliphatic heterocycles. The van der Waals surface area contributed by atoms with Crippen molar-refractivity contribution in [1.82, 2.24) is 14.8 Å². The van der Waals surface area contributed by atoms with Crippen molar-refractivity contribution >= 4 is 46.3 Å². The van der Waals surface area contributed by atoms with E-state index >= 15 is 0 Å². The van der Waals surface area contributed by atoms with Crippen molar-refractivity contribution < 1.29 is 4.79 Å². The Bertz CT molecular complexity index is 1070. The van der Waals surface area contributed by atoms with E-state index in [1.807, 2.05) is 18.2 Å². The number of thioether (sulfide) groups is 1. The molecule has 2 bridgehead atoms. The van der Waals surface area contributed by atoms with Gasteiger partial charge in [-0.1, -0.05) is 48.0 Å². The van der Waals surface area contributed by atoms with Gasteiger partial charge in [0.25, 0.3) is 0 Å². The van der Waals surface area contributed by atoms with E-state index in [-0.39, 0.29) is 11.7 Å². The van der Waals surface area contributed by atoms with E-state index in [0.29, 0.717) is 22.7 Å². The molecule has 1 aromatic carbocycles. The number of benzene rings is 1. The lowest BCUT2D eigenvalue weighted by molar-refractivity contribution is -0.113. The Morgan fingerprint density at radius 1 is 1.26 bits per heavy atom. The van der Waals surface area contributed by atoms with Crippen LogP contribution in [0.25, 0.3) is 10.7 Å². The molecule has 1 amide bonds. The van der Waals surface area contributed by atoms with Gasteiger partial charge in [-0.05, 0) is 67.5 Å². The van der Waals surface area contributed by atoms with Crippen molar-refractivity contribution in [3.8, 4) is 10.7 Å². The lowest BCUT2D eigenvalue weighted by Gasteiger charge is -2.30. The van der Waals surface area contributed by atoms with Crippen LogP contribution in [0.1, 0.15) is 38.6 Å². The molecule has 1 N–H and O–H groups in total. The number of fused-ring (bicyclic) bond motifs is 2. The number of aromatic nitrogens is 3. The van der Waals surface area contributed by atoms with Gasteiger partial charge < -0.3 is 5.32 Å². The van der Waals surface area contributed by atoms with Crippen molar-refractivity contribution in [3.05, 3.63) is 46.8 Å². The summed E-state index contributed by atoms with van der Waals surface area (Å²) in [6.07, 6.45) is 5.40. The molecule has 5 nitrogen and oxygen atoms in total. The maximum absolute atomic E-state index is 12.6. The second kappa shape index (κ2) is 8.96. The number of nitrogens with one attached hydrogen (secondary N) is 1. The van der Waals surface area contributed by atoms with Crippen molar-refractivity contribution in [3.63, 3.8) is 0 Å². The highest BCUT2D eigenvalue weighted by Crippen LogP contribution is 2.53. The first kappa shape index (κ1) is 21.0. The molecule has 8 heteroatoms. The Kier molecular flexibility index (Phi) is 6.08. The van der Waals surface area contributed by atoms with Crippen LogP contribution in [-0.4, -0.2) is 26.4 Å². The largest absolute Gasteiger partial charge is 0.324 e. The normalized spacial score (nSPS) is 23.2. The smallest absolute Gasteiger partial charge is 0.234 e. The molecule has 0 unspecified atom stereocenters. The quantitative estimate of drug-likeness (QED) is 0.405. The molecular formula is C23H25ClN4OS2. The summed E-state index contributed by atoms with van der Waals surface area (Å²) in [5.41, 5.74) is 0.630. The molecule has 0 saturated heterocycles. The highest BCUT2D eigenvalue weighted by Gasteiger charge is 2.43. The average molecular weight is 473 g/mol. The molecule has 2 fully saturated rings. The van der Waals surface area contributed by atoms with Crippen LogP contribution >= 0.6 is 34.7 Å². The maximum Gasteiger partial charge on any atom is 0.234 e. The van der Waals surface area contributed by atoms with Crippen LogP contribution in [0.3, 0.4) is 0 Å². The number of para-hydroxylation sites is 1. The number of nitrogens with zero attached hydrogens (tertiary/aromatic N) is 3. The molecule has 2 aliphatic carbocycles. The van der Waals surface area contributed by atoms with Gasteiger partial charge in [0.05, 0.1) is 21.3 Å². The van der Waals surface area contributed by atoms with Crippen molar-refractivity contribution in [1.29, 1.82) is 0 Å². The topological polar surface area (TPSA) is 59.8 Å². The Morgan fingerprint density at radius 2 is 2.13 bits per heavy atom. The van der Waals surface area contributed by atoms with E-state index in [4.69, 9.17) is 11.6 Å². The van der Waals surface area contributed by atoms with Gasteiger partial charge in [-0.3, -0.25) is 9.36 Å². The fraction of sp³-hybridized carbons (Fsp3) is 0.435. The molecule has 31 heavy (non-hydrogen) atoms. The van der Waals surface area contributed by atoms with E-state index in [9.17, 15) is 4.79 Å². The third-order valence-corrected chi connectivity index (χ3v) is 8.84. The van der Waals surface area contributed by atoms with Crippen LogP contribution < -0.4 is 5.32 Å². The number of anilines is 1. The number of carbonyl (C=O) groups is 1. The molecule has 3 aromatic rings. The van der Waals surface area contributed by atoms with Crippen molar-refractivity contribution in [2.75, 3.05) is 11.1 Å². The number of amides is 1. The van der Waals surface area contributed by atoms with Crippen LogP contribution in [0, 0.1) is 17.8 Å². The van der Waals surface area contributed by atoms with E-state index in [1.54, 1.807) is 23.5 Å². The Balaban J connectivity index is 1.36. The minimum atomic E-state index is -0.0992. The fourth-order valence-electron chi connectivity index (χ4n) is 5.27. The summed E-state index contributed by atoms with van der Waals surface area (Å²) in [5.74, 6) is 3.43. The standard InChI is InChI=1S/C23H25ClN4OS2/c1-14(17-12-15-8-9-16(17)11-15)28-22(20-7-4-10-30-20)26-27-23(28)31-13-21(29)25-19-6-3-2-5-18(19)24/h2-7,10,14-17H,8-9,11-13H2,1H3,(H,25,29)/t14-,15+,16+,17-/m1/s1. The zero-order valence-electron chi connectivity index (χ0n) is 17.3. The predicted octanol–water partition coefficient (Wildman–Crippen LogP) is 6.39. The van der Waals surface area contributed by atoms with Crippen LogP contribution in [0.15, 0.2) is 46.9 Å². The van der Waals surface area contributed by atoms with Gasteiger partial charge in [0, 0.05) is 6.04 Å². The third-order valence-electron chi connectivity index (χ3n) is 6.71. The van der Waals surface area contributed by atoms with E-state index in [1.165, 1.54) is 37.4 Å². The highest BCUT2D eigenvalue weighted by molar-refractivity contribution is 7.99. The Morgan fingerprint density at radius 3 is 2.84 bits per heavy atom. The highest BCUT2D eigenvalue weighted by atomic mass is 35.5. The number of rotatable bonds is 7. The van der Waals surface area contributed by atoms with E-state index in [2.05, 4.69) is 38.5 Å². The van der Waals surface area contributed by atoms with Gasteiger partial charge in [0.15, 0.2) is 11.0 Å². The first-order valence-electron chi connectivity index (χ1n) is 10.8. The summed E-state index contributed by atoms with van der Waals surface area (Å²) in [6.45, 7) is 2.31. The lowest BCUT2D eigenvalue weighted by Crippen LogP contribution is -2.23. The van der Waals surface area contributed by atoms with Gasteiger partial charge in [-0.15, -0.1) is 21.5 Å². The predicted molar refractivity (Wildman–Crippen MR) is 128 cm³/mol. The number of carbonyl (C=O) groups excluding carboxylic acids is 1. The molecule has 2 aromatic heterocycles. The summed E-state index contributed by atoms with van der Waals surface area (Å²) in [7, 11) is 0. The molecule has 162 valence electrons. The molecule has 2 saturated carbocycles. The SMILES string of the molecule is C[C@H]([C@H]1C[C@H]2CC[C@H]1C2)n1c(SCC(=O)Nc2ccccc2Cl)nnc1-c1cccs1. The van der Waals surface area contributed by atoms with Gasteiger partial charge in [-0.25, -0.2) is 0 Å². The lowest BCUT2D eigenvalue weighted by atomic mass is 9.84. The third kappa shape index (κ3) is 4.28. The molecular weight excluding hydrogens is 448 g/mol. The minimum Gasteiger partial charge on any atom is -0.324 e. The fourth-order valence-corrected chi connectivity index (χ4v) is 6.98. The van der Waals surface area contributed by atoms with Crippen molar-refractivity contribution in [2.45, 2.75) is 43.8 Å². The van der Waals surface area contributed by atoms with E-state index < -0.39 is 0 Å². The summed E-state index contributed by atoms with van der Waals surface area (Å²) in [6, 6.07) is 11.7. The Labute approximate surface area is 195 Å². The van der Waals surface area contributed by atoms with E-state index in [0.717, 1.165) is 27.7 Å². The van der Waals surface area contributed by atoms with Crippen LogP contribution in [0.4, 0.5) is 5.69 Å². The van der Waals surface area contributed by atoms with Crippen LogP contribution in [0.5, 0.6) is 0 Å². The molecule has 0 spiro atoms. The molecule has 5 rings (SSSR count). The molecule has 4 atom stereocenters. The first-order valence-corrected chi connectivity index (χ1v) is 13.0. The monoisotopic (exact) mass is 472 g/mol. The number of hydrogen-bond donors (Lipinski definition) is 1. The zero-order chi connectivity index (χ0) is 21.4. The summed E-state index contributed by atoms with van der Waals surface area (Å²) in [5, 5.41) is 15.4. The van der Waals surface area contributed by atoms with Gasteiger partial charge in [0.2, 0.25) is 5.91 Å². The van der Waals surface area contributed by atoms with Crippen LogP contribution in [-0.2, 0) is 4.79 Å². The summed E-state index contributed by atoms with van der Waals surface area (Å²) >= 11 is 9.29. The average Bonchev–Trinajstić information content (AvgIpc) is 3.57. The summed E-state index contributed by atoms with van der Waals surface area (Å²) < 4.78 is 2.28. The van der Waals surface area contributed by atoms with Crippen LogP contribution in [0.2, 0.25) is 5.02 Å². The van der Waals surface area contributed by atoms with Crippen molar-refractivity contribution in [2.24, 2.45) is 17.8 Å². The molecule has 2 aliphatic rings. The second-order valence-corrected chi connectivity index (χ2v) is 10.8. The first-order chi connectivity index (χ1) is 15.1. The molecule has 2 heterocycles. The second-order valence-electron chi connectivity index (χ2n) is 8.55. The molecule has 0 radical (unpaired) electrons. The number of thiophene rings is 1. The zero-order valence-corrected chi connectivity index (χ0v) is 19.7. The number of hydrogen-bond acceptors (Lipinski definition) is 5.